The van der Waals surface area contributed by atoms with E-state index in [2.05, 4.69) is 20.3 Å². The Labute approximate surface area is 129 Å². The smallest absolute Gasteiger partial charge is 0.223 e. The van der Waals surface area contributed by atoms with Crippen molar-refractivity contribution in [1.82, 2.24) is 20.3 Å². The van der Waals surface area contributed by atoms with Crippen molar-refractivity contribution >= 4 is 5.91 Å². The van der Waals surface area contributed by atoms with E-state index in [4.69, 9.17) is 4.74 Å². The highest BCUT2D eigenvalue weighted by Gasteiger charge is 2.26. The number of aryl methyl sites for hydroxylation is 2. The molecule has 0 aromatic carbocycles. The third-order valence-corrected chi connectivity index (χ3v) is 4.03. The number of hydrogen-bond acceptors (Lipinski definition) is 4. The molecule has 22 heavy (non-hydrogen) atoms. The summed E-state index contributed by atoms with van der Waals surface area (Å²) in [5.74, 6) is 1.54. The van der Waals surface area contributed by atoms with Gasteiger partial charge in [-0.3, -0.25) is 4.79 Å². The van der Waals surface area contributed by atoms with Crippen LogP contribution in [0.3, 0.4) is 0 Å². The van der Waals surface area contributed by atoms with Crippen LogP contribution in [-0.4, -0.2) is 28.0 Å². The zero-order chi connectivity index (χ0) is 15.5. The van der Waals surface area contributed by atoms with Gasteiger partial charge < -0.3 is 15.0 Å². The normalized spacial score (nSPS) is 16.9. The maximum absolute atomic E-state index is 12.4. The SMILES string of the molecule is COc1ncccc1CNC(=O)[C@@H]1CCc2nc(C)[nH]c2C1. The number of methoxy groups -OCH3 is 1. The van der Waals surface area contributed by atoms with E-state index in [1.165, 1.54) is 0 Å². The number of imidazole rings is 1. The standard InChI is InChI=1S/C16H20N4O2/c1-10-19-13-6-5-11(8-14(13)20-10)15(21)18-9-12-4-3-7-17-16(12)22-2/h3-4,7,11H,5-6,8-9H2,1-2H3,(H,18,21)(H,19,20)/t11-/m1/s1. The Balaban J connectivity index is 1.61. The lowest BCUT2D eigenvalue weighted by molar-refractivity contribution is -0.125. The molecule has 0 aliphatic heterocycles. The highest BCUT2D eigenvalue weighted by Crippen LogP contribution is 2.24. The molecule has 1 aliphatic carbocycles. The van der Waals surface area contributed by atoms with Crippen molar-refractivity contribution in [2.24, 2.45) is 5.92 Å². The number of carbonyl (C=O) groups excluding carboxylic acids is 1. The second-order valence-electron chi connectivity index (χ2n) is 5.58. The average molecular weight is 300 g/mol. The molecule has 0 saturated carbocycles. The zero-order valence-electron chi connectivity index (χ0n) is 12.8. The molecular formula is C16H20N4O2. The van der Waals surface area contributed by atoms with Crippen molar-refractivity contribution in [3.05, 3.63) is 41.1 Å². The molecule has 0 fully saturated rings. The molecule has 116 valence electrons. The van der Waals surface area contributed by atoms with Crippen molar-refractivity contribution < 1.29 is 9.53 Å². The number of fused-ring (bicyclic) bond motifs is 1. The Morgan fingerprint density at radius 3 is 3.23 bits per heavy atom. The van der Waals surface area contributed by atoms with E-state index in [9.17, 15) is 4.79 Å². The number of carbonyl (C=O) groups is 1. The van der Waals surface area contributed by atoms with Gasteiger partial charge in [-0.05, 0) is 25.8 Å². The number of hydrogen-bond donors (Lipinski definition) is 2. The lowest BCUT2D eigenvalue weighted by Gasteiger charge is -2.20. The molecule has 0 bridgehead atoms. The summed E-state index contributed by atoms with van der Waals surface area (Å²) < 4.78 is 5.20. The van der Waals surface area contributed by atoms with Crippen LogP contribution >= 0.6 is 0 Å². The number of amides is 1. The molecule has 1 aliphatic rings. The van der Waals surface area contributed by atoms with Crippen molar-refractivity contribution in [1.29, 1.82) is 0 Å². The predicted molar refractivity (Wildman–Crippen MR) is 81.5 cm³/mol. The van der Waals surface area contributed by atoms with Gasteiger partial charge in [0.2, 0.25) is 11.8 Å². The maximum Gasteiger partial charge on any atom is 0.223 e. The highest BCUT2D eigenvalue weighted by atomic mass is 16.5. The second kappa shape index (κ2) is 6.17. The van der Waals surface area contributed by atoms with Crippen LogP contribution in [0.1, 0.15) is 29.2 Å². The minimum Gasteiger partial charge on any atom is -0.481 e. The molecule has 6 nitrogen and oxygen atoms in total. The first-order chi connectivity index (χ1) is 10.7. The largest absolute Gasteiger partial charge is 0.481 e. The molecule has 6 heteroatoms. The van der Waals surface area contributed by atoms with E-state index >= 15 is 0 Å². The van der Waals surface area contributed by atoms with Crippen LogP contribution < -0.4 is 10.1 Å². The number of aromatic amines is 1. The van der Waals surface area contributed by atoms with Gasteiger partial charge in [0.05, 0.1) is 12.8 Å². The van der Waals surface area contributed by atoms with E-state index in [1.807, 2.05) is 19.1 Å². The maximum atomic E-state index is 12.4. The minimum absolute atomic E-state index is 0.00461. The fourth-order valence-electron chi connectivity index (χ4n) is 2.92. The molecule has 0 spiro atoms. The third kappa shape index (κ3) is 2.95. The van der Waals surface area contributed by atoms with Gasteiger partial charge in [-0.1, -0.05) is 6.07 Å². The van der Waals surface area contributed by atoms with Gasteiger partial charge in [0.25, 0.3) is 0 Å². The summed E-state index contributed by atoms with van der Waals surface area (Å²) in [5, 5.41) is 2.99. The Kier molecular flexibility index (Phi) is 4.09. The first-order valence-electron chi connectivity index (χ1n) is 7.47. The monoisotopic (exact) mass is 300 g/mol. The second-order valence-corrected chi connectivity index (χ2v) is 5.58. The molecule has 2 aromatic heterocycles. The minimum atomic E-state index is -0.00461. The lowest BCUT2D eigenvalue weighted by atomic mass is 9.89. The van der Waals surface area contributed by atoms with Gasteiger partial charge >= 0.3 is 0 Å². The summed E-state index contributed by atoms with van der Waals surface area (Å²) in [6, 6.07) is 3.74. The molecule has 1 atom stereocenters. The van der Waals surface area contributed by atoms with Gasteiger partial charge in [0.15, 0.2) is 0 Å². The van der Waals surface area contributed by atoms with Gasteiger partial charge in [-0.25, -0.2) is 9.97 Å². The number of nitrogens with one attached hydrogen (secondary N) is 2. The van der Waals surface area contributed by atoms with Crippen molar-refractivity contribution in [2.45, 2.75) is 32.7 Å². The summed E-state index contributed by atoms with van der Waals surface area (Å²) in [5.41, 5.74) is 3.09. The molecular weight excluding hydrogens is 280 g/mol. The van der Waals surface area contributed by atoms with Crippen LogP contribution in [0, 0.1) is 12.8 Å². The fraction of sp³-hybridized carbons (Fsp3) is 0.438. The van der Waals surface area contributed by atoms with Crippen molar-refractivity contribution in [3.8, 4) is 5.88 Å². The molecule has 0 radical (unpaired) electrons. The third-order valence-electron chi connectivity index (χ3n) is 4.03. The summed E-state index contributed by atoms with van der Waals surface area (Å²) in [6.07, 6.45) is 4.10. The topological polar surface area (TPSA) is 79.9 Å². The van der Waals surface area contributed by atoms with Gasteiger partial charge in [-0.2, -0.15) is 0 Å². The van der Waals surface area contributed by atoms with E-state index in [1.54, 1.807) is 13.3 Å². The molecule has 0 unspecified atom stereocenters. The van der Waals surface area contributed by atoms with Crippen LogP contribution in [-0.2, 0) is 24.2 Å². The van der Waals surface area contributed by atoms with Gasteiger partial charge in [0, 0.05) is 36.3 Å². The van der Waals surface area contributed by atoms with Crippen LogP contribution in [0.5, 0.6) is 5.88 Å². The van der Waals surface area contributed by atoms with Crippen LogP contribution in [0.25, 0.3) is 0 Å². The van der Waals surface area contributed by atoms with Crippen molar-refractivity contribution in [3.63, 3.8) is 0 Å². The first-order valence-corrected chi connectivity index (χ1v) is 7.47. The number of H-pyrrole nitrogens is 1. The van der Waals surface area contributed by atoms with Crippen LogP contribution in [0.4, 0.5) is 0 Å². The predicted octanol–water partition coefficient (Wildman–Crippen LogP) is 1.54. The molecule has 2 aromatic rings. The van der Waals surface area contributed by atoms with Gasteiger partial charge in [-0.15, -0.1) is 0 Å². The Bertz CT molecular complexity index is 681. The quantitative estimate of drug-likeness (QED) is 0.897. The lowest BCUT2D eigenvalue weighted by Crippen LogP contribution is -2.33. The number of pyridine rings is 1. The number of ether oxygens (including phenoxy) is 1. The average Bonchev–Trinajstić information content (AvgIpc) is 2.91. The number of rotatable bonds is 4. The van der Waals surface area contributed by atoms with E-state index in [-0.39, 0.29) is 11.8 Å². The van der Waals surface area contributed by atoms with Gasteiger partial charge in [0.1, 0.15) is 5.82 Å². The summed E-state index contributed by atoms with van der Waals surface area (Å²) in [4.78, 5) is 24.2. The molecule has 2 heterocycles. The van der Waals surface area contributed by atoms with Crippen LogP contribution in [0.2, 0.25) is 0 Å². The molecule has 1 amide bonds. The highest BCUT2D eigenvalue weighted by molar-refractivity contribution is 5.79. The van der Waals surface area contributed by atoms with Crippen molar-refractivity contribution in [2.75, 3.05) is 7.11 Å². The summed E-state index contributed by atoms with van der Waals surface area (Å²) in [7, 11) is 1.58. The molecule has 2 N–H and O–H groups in total. The molecule has 3 rings (SSSR count). The van der Waals surface area contributed by atoms with E-state index < -0.39 is 0 Å². The summed E-state index contributed by atoms with van der Waals surface area (Å²) in [6.45, 7) is 2.38. The Morgan fingerprint density at radius 2 is 2.41 bits per heavy atom. The Morgan fingerprint density at radius 1 is 1.55 bits per heavy atom. The Hall–Kier alpha value is -2.37. The fourth-order valence-corrected chi connectivity index (χ4v) is 2.92. The number of aromatic nitrogens is 3. The molecule has 0 saturated heterocycles. The summed E-state index contributed by atoms with van der Waals surface area (Å²) >= 11 is 0. The zero-order valence-corrected chi connectivity index (χ0v) is 12.8. The number of nitrogens with zero attached hydrogens (tertiary/aromatic N) is 2. The van der Waals surface area contributed by atoms with E-state index in [0.717, 1.165) is 42.0 Å². The first kappa shape index (κ1) is 14.6. The van der Waals surface area contributed by atoms with Crippen LogP contribution in [0.15, 0.2) is 18.3 Å². The van der Waals surface area contributed by atoms with E-state index in [0.29, 0.717) is 12.4 Å².